The van der Waals surface area contributed by atoms with Crippen LogP contribution in [0.15, 0.2) is 18.2 Å². The average molecular weight is 315 g/mol. The van der Waals surface area contributed by atoms with Gasteiger partial charge in [0.05, 0.1) is 6.61 Å². The summed E-state index contributed by atoms with van der Waals surface area (Å²) >= 11 is 0. The summed E-state index contributed by atoms with van der Waals surface area (Å²) in [6.07, 6.45) is -7.37. The first-order valence-electron chi connectivity index (χ1n) is 6.45. The van der Waals surface area contributed by atoms with Crippen LogP contribution in [0, 0.1) is 0 Å². The van der Waals surface area contributed by atoms with Gasteiger partial charge in [-0.05, 0) is 18.2 Å². The highest BCUT2D eigenvalue weighted by atomic mass is 16.7. The Hall–Kier alpha value is -1.91. The van der Waals surface area contributed by atoms with Crippen molar-refractivity contribution in [3.05, 3.63) is 23.8 Å². The molecule has 1 aromatic rings. The summed E-state index contributed by atoms with van der Waals surface area (Å²) in [6.45, 7) is -0.613. The predicted molar refractivity (Wildman–Crippen MR) is 72.2 cm³/mol. The Kier molecular flexibility index (Phi) is 4.84. The van der Waals surface area contributed by atoms with Crippen LogP contribution in [0.2, 0.25) is 0 Å². The molecule has 0 amide bonds. The Morgan fingerprint density at radius 2 is 1.91 bits per heavy atom. The molecule has 0 radical (unpaired) electrons. The molecule has 1 aromatic carbocycles. The fraction of sp³-hybridized carbons (Fsp3) is 0.462. The summed E-state index contributed by atoms with van der Waals surface area (Å²) in [6, 6.07) is 3.84. The van der Waals surface area contributed by atoms with Crippen LogP contribution >= 0.6 is 0 Å². The molecule has 0 aromatic heterocycles. The number of ether oxygens (including phenoxy) is 2. The van der Waals surface area contributed by atoms with Gasteiger partial charge in [0.25, 0.3) is 0 Å². The highest BCUT2D eigenvalue weighted by molar-refractivity contribution is 5.92. The topological polar surface area (TPSA) is 163 Å². The lowest BCUT2D eigenvalue weighted by Gasteiger charge is -2.39. The van der Waals surface area contributed by atoms with Gasteiger partial charge in [-0.1, -0.05) is 0 Å². The number of aliphatic hydroxyl groups is 4. The second-order valence-electron chi connectivity index (χ2n) is 4.88. The van der Waals surface area contributed by atoms with Crippen molar-refractivity contribution in [3.8, 4) is 5.75 Å². The Balaban J connectivity index is 2.24. The molecule has 2 rings (SSSR count). The summed E-state index contributed by atoms with van der Waals surface area (Å²) in [5.41, 5.74) is 5.46. The standard InChI is InChI=1S/C13H17NO8/c14-5-1-2-7(6(3-5)12(19)20)21-13-11(18)10(17)9(16)8(4-15)22-13/h1-3,8-11,13,15-18H,4,14H2,(H,19,20)/t8-,9-,10+,11-,13?/m1/s1. The molecule has 1 aliphatic rings. The lowest BCUT2D eigenvalue weighted by atomic mass is 9.99. The number of anilines is 1. The van der Waals surface area contributed by atoms with Crippen LogP contribution < -0.4 is 10.5 Å². The van der Waals surface area contributed by atoms with Crippen LogP contribution in [0.5, 0.6) is 5.75 Å². The van der Waals surface area contributed by atoms with Crippen molar-refractivity contribution in [2.24, 2.45) is 0 Å². The molecule has 1 aliphatic heterocycles. The Bertz CT molecular complexity index is 549. The second kappa shape index (κ2) is 6.46. The highest BCUT2D eigenvalue weighted by Gasteiger charge is 2.44. The van der Waals surface area contributed by atoms with E-state index in [1.807, 2.05) is 0 Å². The Morgan fingerprint density at radius 1 is 1.23 bits per heavy atom. The minimum absolute atomic E-state index is 0.133. The van der Waals surface area contributed by atoms with E-state index in [9.17, 15) is 20.1 Å². The van der Waals surface area contributed by atoms with Crippen molar-refractivity contribution in [1.29, 1.82) is 0 Å². The first kappa shape index (κ1) is 16.5. The van der Waals surface area contributed by atoms with Crippen LogP contribution in [0.4, 0.5) is 5.69 Å². The minimum Gasteiger partial charge on any atom is -0.478 e. The van der Waals surface area contributed by atoms with Gasteiger partial charge in [-0.3, -0.25) is 0 Å². The first-order valence-corrected chi connectivity index (χ1v) is 6.45. The maximum Gasteiger partial charge on any atom is 0.339 e. The summed E-state index contributed by atoms with van der Waals surface area (Å²) in [7, 11) is 0. The van der Waals surface area contributed by atoms with Gasteiger partial charge in [-0.25, -0.2) is 4.79 Å². The zero-order chi connectivity index (χ0) is 16.4. The molecule has 22 heavy (non-hydrogen) atoms. The third-order valence-corrected chi connectivity index (χ3v) is 3.33. The minimum atomic E-state index is -1.63. The summed E-state index contributed by atoms with van der Waals surface area (Å²) < 4.78 is 10.4. The second-order valence-corrected chi connectivity index (χ2v) is 4.88. The zero-order valence-electron chi connectivity index (χ0n) is 11.4. The number of carbonyl (C=O) groups is 1. The zero-order valence-corrected chi connectivity index (χ0v) is 11.4. The lowest BCUT2D eigenvalue weighted by Crippen LogP contribution is -2.60. The van der Waals surface area contributed by atoms with Gasteiger partial charge in [0.2, 0.25) is 6.29 Å². The Labute approximate surface area is 125 Å². The molecule has 1 saturated heterocycles. The van der Waals surface area contributed by atoms with E-state index in [2.05, 4.69) is 0 Å². The molecule has 0 aliphatic carbocycles. The van der Waals surface area contributed by atoms with Crippen LogP contribution in [0.1, 0.15) is 10.4 Å². The van der Waals surface area contributed by atoms with E-state index < -0.39 is 43.3 Å². The molecule has 9 nitrogen and oxygen atoms in total. The van der Waals surface area contributed by atoms with Crippen molar-refractivity contribution in [2.75, 3.05) is 12.3 Å². The number of carboxylic acid groups (broad SMARTS) is 1. The summed E-state index contributed by atoms with van der Waals surface area (Å²) in [5.74, 6) is -1.43. The van der Waals surface area contributed by atoms with Crippen molar-refractivity contribution in [3.63, 3.8) is 0 Å². The van der Waals surface area contributed by atoms with E-state index in [1.165, 1.54) is 18.2 Å². The maximum absolute atomic E-state index is 11.2. The van der Waals surface area contributed by atoms with E-state index in [-0.39, 0.29) is 17.0 Å². The molecule has 0 bridgehead atoms. The molecule has 7 N–H and O–H groups in total. The number of nitrogen functional groups attached to an aromatic ring is 1. The molecule has 1 fully saturated rings. The number of hydrogen-bond donors (Lipinski definition) is 6. The molecule has 122 valence electrons. The average Bonchev–Trinajstić information content (AvgIpc) is 2.49. The third kappa shape index (κ3) is 3.13. The number of benzene rings is 1. The van der Waals surface area contributed by atoms with Crippen molar-refractivity contribution in [2.45, 2.75) is 30.7 Å². The van der Waals surface area contributed by atoms with Crippen molar-refractivity contribution in [1.82, 2.24) is 0 Å². The Morgan fingerprint density at radius 3 is 2.50 bits per heavy atom. The number of nitrogens with two attached hydrogens (primary N) is 1. The van der Waals surface area contributed by atoms with Crippen molar-refractivity contribution >= 4 is 11.7 Å². The smallest absolute Gasteiger partial charge is 0.339 e. The van der Waals surface area contributed by atoms with Gasteiger partial charge < -0.3 is 40.7 Å². The molecule has 1 unspecified atom stereocenters. The van der Waals surface area contributed by atoms with E-state index in [0.29, 0.717) is 0 Å². The fourth-order valence-electron chi connectivity index (χ4n) is 2.11. The van der Waals surface area contributed by atoms with Crippen molar-refractivity contribution < 1.29 is 39.8 Å². The molecule has 1 heterocycles. The number of aromatic carboxylic acids is 1. The summed E-state index contributed by atoms with van der Waals surface area (Å²) in [4.78, 5) is 11.2. The predicted octanol–water partition coefficient (Wildman–Crippen LogP) is -1.85. The highest BCUT2D eigenvalue weighted by Crippen LogP contribution is 2.27. The number of rotatable bonds is 4. The van der Waals surface area contributed by atoms with Gasteiger partial charge in [-0.2, -0.15) is 0 Å². The summed E-state index contributed by atoms with van der Waals surface area (Å²) in [5, 5.41) is 47.4. The van der Waals surface area contributed by atoms with Gasteiger partial charge in [0.15, 0.2) is 0 Å². The normalized spacial score (nSPS) is 31.7. The maximum atomic E-state index is 11.2. The van der Waals surface area contributed by atoms with Crippen LogP contribution in [0.3, 0.4) is 0 Å². The first-order chi connectivity index (χ1) is 10.3. The third-order valence-electron chi connectivity index (χ3n) is 3.33. The van der Waals surface area contributed by atoms with E-state index in [4.69, 9.17) is 25.4 Å². The fourth-order valence-corrected chi connectivity index (χ4v) is 2.11. The van der Waals surface area contributed by atoms with E-state index in [1.54, 1.807) is 0 Å². The number of aliphatic hydroxyl groups excluding tert-OH is 4. The molecule has 0 saturated carbocycles. The van der Waals surface area contributed by atoms with Gasteiger partial charge in [-0.15, -0.1) is 0 Å². The number of carboxylic acids is 1. The lowest BCUT2D eigenvalue weighted by molar-refractivity contribution is -0.277. The molecule has 9 heteroatoms. The van der Waals surface area contributed by atoms with Gasteiger partial charge in [0, 0.05) is 5.69 Å². The van der Waals surface area contributed by atoms with Crippen LogP contribution in [-0.2, 0) is 4.74 Å². The quantitative estimate of drug-likeness (QED) is 0.350. The molecular formula is C13H17NO8. The number of hydrogen-bond acceptors (Lipinski definition) is 8. The molecule has 5 atom stereocenters. The molecular weight excluding hydrogens is 298 g/mol. The van der Waals surface area contributed by atoms with Gasteiger partial charge in [0.1, 0.15) is 35.7 Å². The SMILES string of the molecule is Nc1ccc(OC2O[C@H](CO)[C@@H](O)[C@H](O)[C@H]2O)c(C(=O)O)c1. The van der Waals surface area contributed by atoms with E-state index in [0.717, 1.165) is 0 Å². The monoisotopic (exact) mass is 315 g/mol. The molecule has 0 spiro atoms. The van der Waals surface area contributed by atoms with Gasteiger partial charge >= 0.3 is 5.97 Å². The largest absolute Gasteiger partial charge is 0.478 e. The van der Waals surface area contributed by atoms with Crippen LogP contribution in [0.25, 0.3) is 0 Å². The van der Waals surface area contributed by atoms with E-state index >= 15 is 0 Å². The van der Waals surface area contributed by atoms with Crippen LogP contribution in [-0.4, -0.2) is 68.8 Å².